The van der Waals surface area contributed by atoms with Crippen molar-refractivity contribution < 1.29 is 18.7 Å². The largest absolute Gasteiger partial charge is 0.497 e. The zero-order valence-corrected chi connectivity index (χ0v) is 15.5. The molecule has 0 amide bonds. The number of aromatic nitrogens is 2. The maximum atomic E-state index is 6.12. The van der Waals surface area contributed by atoms with Crippen LogP contribution in [0.5, 0.6) is 17.2 Å². The van der Waals surface area contributed by atoms with Crippen LogP contribution in [-0.4, -0.2) is 24.4 Å². The van der Waals surface area contributed by atoms with E-state index in [0.29, 0.717) is 34.5 Å². The van der Waals surface area contributed by atoms with Gasteiger partial charge in [-0.25, -0.2) is 0 Å². The fourth-order valence-electron chi connectivity index (χ4n) is 2.46. The quantitative estimate of drug-likeness (QED) is 0.604. The second-order valence-corrected chi connectivity index (χ2v) is 5.88. The molecule has 1 aromatic heterocycles. The van der Waals surface area contributed by atoms with E-state index in [1.807, 2.05) is 37.3 Å². The van der Waals surface area contributed by atoms with Crippen LogP contribution in [0.25, 0.3) is 11.4 Å². The molecule has 0 unspecified atom stereocenters. The van der Waals surface area contributed by atoms with Gasteiger partial charge in [-0.15, -0.1) is 0 Å². The summed E-state index contributed by atoms with van der Waals surface area (Å²) in [6.07, 6.45) is 0.831. The summed E-state index contributed by atoms with van der Waals surface area (Å²) in [5.74, 6) is 2.78. The number of rotatable bonds is 7. The summed E-state index contributed by atoms with van der Waals surface area (Å²) in [4.78, 5) is 4.37. The summed E-state index contributed by atoms with van der Waals surface area (Å²) in [7, 11) is 3.17. The number of hydrogen-bond donors (Lipinski definition) is 0. The lowest BCUT2D eigenvalue weighted by atomic mass is 10.1. The van der Waals surface area contributed by atoms with E-state index in [2.05, 4.69) is 10.1 Å². The third-order valence-electron chi connectivity index (χ3n) is 3.88. The SMILES string of the molecule is CCc1cc(OCc2nc(-c3ccc(OC)cc3OC)no2)ccc1Cl. The van der Waals surface area contributed by atoms with E-state index in [1.165, 1.54) is 0 Å². The highest BCUT2D eigenvalue weighted by molar-refractivity contribution is 6.31. The normalized spacial score (nSPS) is 10.6. The summed E-state index contributed by atoms with van der Waals surface area (Å²) in [5, 5.41) is 4.73. The first-order valence-electron chi connectivity index (χ1n) is 8.10. The molecule has 0 bridgehead atoms. The van der Waals surface area contributed by atoms with E-state index >= 15 is 0 Å². The lowest BCUT2D eigenvalue weighted by molar-refractivity contribution is 0.243. The van der Waals surface area contributed by atoms with Crippen LogP contribution < -0.4 is 14.2 Å². The minimum absolute atomic E-state index is 0.163. The van der Waals surface area contributed by atoms with Crippen LogP contribution in [-0.2, 0) is 13.0 Å². The average Bonchev–Trinajstić information content (AvgIpc) is 3.15. The molecule has 6 nitrogen and oxygen atoms in total. The van der Waals surface area contributed by atoms with Gasteiger partial charge in [0.2, 0.25) is 5.82 Å². The van der Waals surface area contributed by atoms with Gasteiger partial charge >= 0.3 is 0 Å². The van der Waals surface area contributed by atoms with Crippen LogP contribution in [0.3, 0.4) is 0 Å². The average molecular weight is 375 g/mol. The van der Waals surface area contributed by atoms with E-state index in [0.717, 1.165) is 17.0 Å². The number of hydrogen-bond acceptors (Lipinski definition) is 6. The zero-order valence-electron chi connectivity index (χ0n) is 14.8. The zero-order chi connectivity index (χ0) is 18.5. The van der Waals surface area contributed by atoms with Crippen molar-refractivity contribution >= 4 is 11.6 Å². The standard InChI is InChI=1S/C19H19ClN2O4/c1-4-12-9-14(6-8-16(12)20)25-11-18-21-19(22-26-18)15-7-5-13(23-2)10-17(15)24-3/h5-10H,4,11H2,1-3H3. The number of aryl methyl sites for hydroxylation is 1. The molecule has 136 valence electrons. The molecule has 26 heavy (non-hydrogen) atoms. The molecule has 7 heteroatoms. The van der Waals surface area contributed by atoms with Gasteiger partial charge in [-0.3, -0.25) is 0 Å². The molecule has 0 aliphatic carbocycles. The number of benzene rings is 2. The minimum Gasteiger partial charge on any atom is -0.497 e. The van der Waals surface area contributed by atoms with Gasteiger partial charge in [-0.2, -0.15) is 4.98 Å². The summed E-state index contributed by atoms with van der Waals surface area (Å²) in [6.45, 7) is 2.20. The highest BCUT2D eigenvalue weighted by atomic mass is 35.5. The Labute approximate surface area is 156 Å². The minimum atomic E-state index is 0.163. The van der Waals surface area contributed by atoms with Gasteiger partial charge < -0.3 is 18.7 Å². The maximum Gasteiger partial charge on any atom is 0.264 e. The van der Waals surface area contributed by atoms with Crippen molar-refractivity contribution in [2.75, 3.05) is 14.2 Å². The molecule has 0 saturated heterocycles. The third kappa shape index (κ3) is 3.91. The molecular formula is C19H19ClN2O4. The maximum absolute atomic E-state index is 6.12. The van der Waals surface area contributed by atoms with Crippen molar-refractivity contribution in [3.8, 4) is 28.6 Å². The first-order valence-corrected chi connectivity index (χ1v) is 8.48. The Morgan fingerprint density at radius 2 is 1.85 bits per heavy atom. The van der Waals surface area contributed by atoms with Crippen LogP contribution in [0.2, 0.25) is 5.02 Å². The van der Waals surface area contributed by atoms with Crippen LogP contribution in [0, 0.1) is 0 Å². The second kappa shape index (κ2) is 8.10. The molecule has 0 atom stereocenters. The smallest absolute Gasteiger partial charge is 0.264 e. The lowest BCUT2D eigenvalue weighted by Gasteiger charge is -2.07. The van der Waals surface area contributed by atoms with Crippen LogP contribution >= 0.6 is 11.6 Å². The van der Waals surface area contributed by atoms with Gasteiger partial charge in [0, 0.05) is 11.1 Å². The Bertz CT molecular complexity index is 895. The van der Waals surface area contributed by atoms with E-state index in [1.54, 1.807) is 20.3 Å². The number of halogens is 1. The fourth-order valence-corrected chi connectivity index (χ4v) is 2.71. The Hall–Kier alpha value is -2.73. The summed E-state index contributed by atoms with van der Waals surface area (Å²) < 4.78 is 21.6. The molecule has 0 aliphatic rings. The Morgan fingerprint density at radius 3 is 2.58 bits per heavy atom. The fraction of sp³-hybridized carbons (Fsp3) is 0.263. The van der Waals surface area contributed by atoms with Crippen LogP contribution in [0.1, 0.15) is 18.4 Å². The highest BCUT2D eigenvalue weighted by Crippen LogP contribution is 2.31. The highest BCUT2D eigenvalue weighted by Gasteiger charge is 2.15. The van der Waals surface area contributed by atoms with E-state index < -0.39 is 0 Å². The molecule has 0 radical (unpaired) electrons. The second-order valence-electron chi connectivity index (χ2n) is 5.47. The van der Waals surface area contributed by atoms with Gasteiger partial charge in [-0.1, -0.05) is 23.7 Å². The van der Waals surface area contributed by atoms with Crippen molar-refractivity contribution in [1.29, 1.82) is 0 Å². The Kier molecular flexibility index (Phi) is 5.63. The van der Waals surface area contributed by atoms with E-state index in [9.17, 15) is 0 Å². The predicted molar refractivity (Wildman–Crippen MR) is 98.0 cm³/mol. The van der Waals surface area contributed by atoms with Gasteiger partial charge in [0.1, 0.15) is 17.2 Å². The lowest BCUT2D eigenvalue weighted by Crippen LogP contribution is -1.97. The van der Waals surface area contributed by atoms with Crippen molar-refractivity contribution in [2.45, 2.75) is 20.0 Å². The summed E-state index contributed by atoms with van der Waals surface area (Å²) >= 11 is 6.12. The molecule has 1 heterocycles. The molecule has 3 aromatic rings. The molecular weight excluding hydrogens is 356 g/mol. The molecule has 2 aromatic carbocycles. The summed E-state index contributed by atoms with van der Waals surface area (Å²) in [6, 6.07) is 10.9. The first-order chi connectivity index (χ1) is 12.6. The van der Waals surface area contributed by atoms with E-state index in [-0.39, 0.29) is 6.61 Å². The molecule has 0 aliphatic heterocycles. The van der Waals surface area contributed by atoms with Gasteiger partial charge in [-0.05, 0) is 42.3 Å². The van der Waals surface area contributed by atoms with Crippen LogP contribution in [0.15, 0.2) is 40.9 Å². The molecule has 0 N–H and O–H groups in total. The molecule has 3 rings (SSSR count). The first kappa shape index (κ1) is 18.1. The molecule has 0 saturated carbocycles. The van der Waals surface area contributed by atoms with Gasteiger partial charge in [0.05, 0.1) is 19.8 Å². The van der Waals surface area contributed by atoms with Gasteiger partial charge in [0.25, 0.3) is 5.89 Å². The monoisotopic (exact) mass is 374 g/mol. The topological polar surface area (TPSA) is 66.6 Å². The number of methoxy groups -OCH3 is 2. The van der Waals surface area contributed by atoms with Crippen molar-refractivity contribution in [2.24, 2.45) is 0 Å². The molecule has 0 fully saturated rings. The van der Waals surface area contributed by atoms with Crippen LogP contribution in [0.4, 0.5) is 0 Å². The van der Waals surface area contributed by atoms with Crippen molar-refractivity contribution in [3.63, 3.8) is 0 Å². The third-order valence-corrected chi connectivity index (χ3v) is 4.25. The number of nitrogens with zero attached hydrogens (tertiary/aromatic N) is 2. The van der Waals surface area contributed by atoms with Crippen molar-refractivity contribution in [1.82, 2.24) is 10.1 Å². The predicted octanol–water partition coefficient (Wildman–Crippen LogP) is 4.55. The Morgan fingerprint density at radius 1 is 1.04 bits per heavy atom. The number of ether oxygens (including phenoxy) is 3. The summed E-state index contributed by atoms with van der Waals surface area (Å²) in [5.41, 5.74) is 1.74. The molecule has 0 spiro atoms. The Balaban J connectivity index is 1.74. The van der Waals surface area contributed by atoms with Gasteiger partial charge in [0.15, 0.2) is 6.61 Å². The van der Waals surface area contributed by atoms with Crippen molar-refractivity contribution in [3.05, 3.63) is 52.9 Å². The van der Waals surface area contributed by atoms with E-state index in [4.69, 9.17) is 30.3 Å².